The van der Waals surface area contributed by atoms with Crippen LogP contribution in [0, 0.1) is 6.92 Å². The van der Waals surface area contributed by atoms with Crippen molar-refractivity contribution in [3.63, 3.8) is 0 Å². The van der Waals surface area contributed by atoms with Crippen LogP contribution in [-0.2, 0) is 9.84 Å². The minimum absolute atomic E-state index is 0.0683. The van der Waals surface area contributed by atoms with Crippen molar-refractivity contribution < 1.29 is 13.2 Å². The normalized spacial score (nSPS) is 12.8. The molecule has 0 saturated heterocycles. The van der Waals surface area contributed by atoms with E-state index < -0.39 is 15.9 Å². The molecule has 1 atom stereocenters. The van der Waals surface area contributed by atoms with Crippen molar-refractivity contribution in [2.24, 2.45) is 0 Å². The molecule has 0 spiro atoms. The van der Waals surface area contributed by atoms with Gasteiger partial charge in [-0.1, -0.05) is 6.07 Å². The van der Waals surface area contributed by atoms with Gasteiger partial charge in [-0.15, -0.1) is 0 Å². The average Bonchev–Trinajstić information content (AvgIpc) is 2.26. The molecule has 20 heavy (non-hydrogen) atoms. The highest BCUT2D eigenvalue weighted by Crippen LogP contribution is 2.17. The molecular weight excluding hydrogens is 276 g/mol. The standard InChI is InChI=1S/C14H22N2O3S/c1-5-15-13-8-10(2)6-7-12(13)14(17)16-11(3)9-20(4,18)19/h6-8,11,15H,5,9H2,1-4H3,(H,16,17). The molecule has 0 aliphatic rings. The summed E-state index contributed by atoms with van der Waals surface area (Å²) >= 11 is 0. The molecule has 0 fully saturated rings. The first-order valence-corrected chi connectivity index (χ1v) is 8.62. The zero-order valence-electron chi connectivity index (χ0n) is 12.4. The second kappa shape index (κ2) is 6.74. The smallest absolute Gasteiger partial charge is 0.253 e. The van der Waals surface area contributed by atoms with E-state index >= 15 is 0 Å². The number of carbonyl (C=O) groups is 1. The van der Waals surface area contributed by atoms with Gasteiger partial charge in [-0.05, 0) is 38.5 Å². The van der Waals surface area contributed by atoms with Crippen LogP contribution < -0.4 is 10.6 Å². The van der Waals surface area contributed by atoms with Gasteiger partial charge in [0.05, 0.1) is 11.3 Å². The summed E-state index contributed by atoms with van der Waals surface area (Å²) < 4.78 is 22.4. The third kappa shape index (κ3) is 5.21. The minimum atomic E-state index is -3.11. The fourth-order valence-electron chi connectivity index (χ4n) is 1.99. The molecule has 0 bridgehead atoms. The van der Waals surface area contributed by atoms with E-state index in [1.807, 2.05) is 26.0 Å². The van der Waals surface area contributed by atoms with Gasteiger partial charge in [0.2, 0.25) is 0 Å². The first-order valence-electron chi connectivity index (χ1n) is 6.56. The Morgan fingerprint density at radius 2 is 2.00 bits per heavy atom. The van der Waals surface area contributed by atoms with E-state index in [1.54, 1.807) is 13.0 Å². The molecule has 2 N–H and O–H groups in total. The summed E-state index contributed by atoms with van der Waals surface area (Å²) in [7, 11) is -3.11. The molecule has 1 aromatic rings. The SMILES string of the molecule is CCNc1cc(C)ccc1C(=O)NC(C)CS(C)(=O)=O. The van der Waals surface area contributed by atoms with Crippen LogP contribution in [0.2, 0.25) is 0 Å². The summed E-state index contributed by atoms with van der Waals surface area (Å²) in [5.41, 5.74) is 2.34. The first kappa shape index (κ1) is 16.5. The van der Waals surface area contributed by atoms with E-state index in [1.165, 1.54) is 0 Å². The Morgan fingerprint density at radius 1 is 1.35 bits per heavy atom. The van der Waals surface area contributed by atoms with Gasteiger partial charge in [-0.2, -0.15) is 0 Å². The third-order valence-electron chi connectivity index (χ3n) is 2.72. The summed E-state index contributed by atoms with van der Waals surface area (Å²) in [5.74, 6) is -0.335. The molecule has 0 aliphatic heterocycles. The number of nitrogens with one attached hydrogen (secondary N) is 2. The highest BCUT2D eigenvalue weighted by molar-refractivity contribution is 7.90. The maximum Gasteiger partial charge on any atom is 0.253 e. The first-order chi connectivity index (χ1) is 9.23. The maximum atomic E-state index is 12.2. The van der Waals surface area contributed by atoms with Crippen LogP contribution in [-0.4, -0.2) is 38.9 Å². The summed E-state index contributed by atoms with van der Waals surface area (Å²) in [6.07, 6.45) is 1.16. The predicted molar refractivity (Wildman–Crippen MR) is 82.0 cm³/mol. The number of aryl methyl sites for hydroxylation is 1. The van der Waals surface area contributed by atoms with Gasteiger partial charge < -0.3 is 10.6 Å². The lowest BCUT2D eigenvalue weighted by Gasteiger charge is -2.16. The van der Waals surface area contributed by atoms with Crippen molar-refractivity contribution in [2.45, 2.75) is 26.8 Å². The van der Waals surface area contributed by atoms with Crippen LogP contribution in [0.15, 0.2) is 18.2 Å². The molecule has 6 heteroatoms. The number of amides is 1. The fraction of sp³-hybridized carbons (Fsp3) is 0.500. The summed E-state index contributed by atoms with van der Waals surface area (Å²) in [6, 6.07) is 5.08. The largest absolute Gasteiger partial charge is 0.385 e. The third-order valence-corrected chi connectivity index (χ3v) is 3.82. The molecule has 0 aromatic heterocycles. The number of hydrogen-bond donors (Lipinski definition) is 2. The second-order valence-corrected chi connectivity index (χ2v) is 7.23. The molecule has 0 saturated carbocycles. The Bertz CT molecular complexity index is 582. The second-order valence-electron chi connectivity index (χ2n) is 5.05. The van der Waals surface area contributed by atoms with Crippen molar-refractivity contribution in [3.8, 4) is 0 Å². The van der Waals surface area contributed by atoms with Crippen molar-refractivity contribution in [1.29, 1.82) is 0 Å². The van der Waals surface area contributed by atoms with Gasteiger partial charge >= 0.3 is 0 Å². The summed E-state index contributed by atoms with van der Waals surface area (Å²) in [5, 5.41) is 5.85. The van der Waals surface area contributed by atoms with E-state index in [4.69, 9.17) is 0 Å². The number of sulfone groups is 1. The zero-order valence-corrected chi connectivity index (χ0v) is 13.2. The minimum Gasteiger partial charge on any atom is -0.385 e. The summed E-state index contributed by atoms with van der Waals surface area (Å²) in [4.78, 5) is 12.2. The van der Waals surface area contributed by atoms with Gasteiger partial charge in [0.15, 0.2) is 0 Å². The molecule has 1 aromatic carbocycles. The lowest BCUT2D eigenvalue weighted by atomic mass is 10.1. The number of anilines is 1. The zero-order chi connectivity index (χ0) is 15.3. The van der Waals surface area contributed by atoms with E-state index in [2.05, 4.69) is 10.6 Å². The van der Waals surface area contributed by atoms with Crippen LogP contribution in [0.5, 0.6) is 0 Å². The van der Waals surface area contributed by atoms with Crippen LogP contribution >= 0.6 is 0 Å². The van der Waals surface area contributed by atoms with Crippen molar-refractivity contribution in [1.82, 2.24) is 5.32 Å². The molecule has 0 heterocycles. The van der Waals surface area contributed by atoms with Gasteiger partial charge in [0.25, 0.3) is 5.91 Å². The van der Waals surface area contributed by atoms with Crippen molar-refractivity contribution >= 4 is 21.4 Å². The summed E-state index contributed by atoms with van der Waals surface area (Å²) in [6.45, 7) is 6.30. The Morgan fingerprint density at radius 3 is 2.55 bits per heavy atom. The van der Waals surface area contributed by atoms with Crippen LogP contribution in [0.4, 0.5) is 5.69 Å². The Kier molecular flexibility index (Phi) is 5.56. The predicted octanol–water partition coefficient (Wildman–Crippen LogP) is 1.59. The molecule has 1 rings (SSSR count). The number of benzene rings is 1. The number of carbonyl (C=O) groups excluding carboxylic acids is 1. The Balaban J connectivity index is 2.87. The van der Waals surface area contributed by atoms with Crippen molar-refractivity contribution in [3.05, 3.63) is 29.3 Å². The molecule has 112 valence electrons. The number of rotatable bonds is 6. The Labute approximate surface area is 120 Å². The maximum absolute atomic E-state index is 12.2. The molecule has 5 nitrogen and oxygen atoms in total. The quantitative estimate of drug-likeness (QED) is 0.836. The lowest BCUT2D eigenvalue weighted by Crippen LogP contribution is -2.37. The average molecular weight is 298 g/mol. The van der Waals surface area contributed by atoms with Gasteiger partial charge in [0, 0.05) is 24.5 Å². The van der Waals surface area contributed by atoms with Crippen molar-refractivity contribution in [2.75, 3.05) is 23.9 Å². The molecule has 1 amide bonds. The molecular formula is C14H22N2O3S. The number of hydrogen-bond acceptors (Lipinski definition) is 4. The lowest BCUT2D eigenvalue weighted by molar-refractivity contribution is 0.0944. The van der Waals surface area contributed by atoms with E-state index in [0.29, 0.717) is 12.1 Å². The van der Waals surface area contributed by atoms with Gasteiger partial charge in [-0.25, -0.2) is 8.42 Å². The van der Waals surface area contributed by atoms with E-state index in [9.17, 15) is 13.2 Å². The van der Waals surface area contributed by atoms with E-state index in [-0.39, 0.29) is 11.7 Å². The molecule has 1 unspecified atom stereocenters. The molecule has 0 aliphatic carbocycles. The Hall–Kier alpha value is -1.56. The van der Waals surface area contributed by atoms with Crippen LogP contribution in [0.3, 0.4) is 0 Å². The van der Waals surface area contributed by atoms with Crippen LogP contribution in [0.1, 0.15) is 29.8 Å². The highest BCUT2D eigenvalue weighted by Gasteiger charge is 2.16. The van der Waals surface area contributed by atoms with E-state index in [0.717, 1.165) is 17.5 Å². The van der Waals surface area contributed by atoms with Crippen LogP contribution in [0.25, 0.3) is 0 Å². The monoisotopic (exact) mass is 298 g/mol. The van der Waals surface area contributed by atoms with Gasteiger partial charge in [0.1, 0.15) is 9.84 Å². The topological polar surface area (TPSA) is 75.3 Å². The molecule has 0 radical (unpaired) electrons. The van der Waals surface area contributed by atoms with Gasteiger partial charge in [-0.3, -0.25) is 4.79 Å². The highest BCUT2D eigenvalue weighted by atomic mass is 32.2. The fourth-order valence-corrected chi connectivity index (χ4v) is 2.98.